The largest absolute Gasteiger partial charge is 0.504 e. The van der Waals surface area contributed by atoms with Crippen molar-refractivity contribution < 1.29 is 29.6 Å². The topological polar surface area (TPSA) is 161 Å². The number of ether oxygens (including phenoxy) is 2. The van der Waals surface area contributed by atoms with Crippen LogP contribution in [-0.4, -0.2) is 66.1 Å². The maximum Gasteiger partial charge on any atom is 0.186 e. The monoisotopic (exact) mass is 779 g/mol. The molecule has 57 heavy (non-hydrogen) atoms. The molecule has 0 saturated heterocycles. The lowest BCUT2D eigenvalue weighted by atomic mass is 9.73. The molecular weight excluding hydrogens is 715 g/mol. The van der Waals surface area contributed by atoms with Gasteiger partial charge in [0.25, 0.3) is 0 Å². The van der Waals surface area contributed by atoms with Gasteiger partial charge in [0, 0.05) is 50.2 Å². The van der Waals surface area contributed by atoms with Crippen molar-refractivity contribution in [1.82, 2.24) is 0 Å². The van der Waals surface area contributed by atoms with E-state index in [-0.39, 0.29) is 78.9 Å². The van der Waals surface area contributed by atoms with Crippen LogP contribution in [0.25, 0.3) is 0 Å². The Morgan fingerprint density at radius 1 is 1.05 bits per heavy atom. The fourth-order valence-electron chi connectivity index (χ4n) is 9.16. The lowest BCUT2D eigenvalue weighted by molar-refractivity contribution is -0.114. The number of phenols is 1. The Hall–Kier alpha value is -4.28. The minimum atomic E-state index is -0.345. The number of phenolic OH excluding ortho intramolecular Hbond substituents is 1. The summed E-state index contributed by atoms with van der Waals surface area (Å²) in [6, 6.07) is 11.9. The molecule has 0 spiro atoms. The molecule has 0 aromatic heterocycles. The van der Waals surface area contributed by atoms with Gasteiger partial charge in [-0.05, 0) is 130 Å². The number of rotatable bonds is 16. The number of guanidine groups is 1. The van der Waals surface area contributed by atoms with Gasteiger partial charge >= 0.3 is 0 Å². The molecule has 4 aliphatic carbocycles. The quantitative estimate of drug-likeness (QED) is 0.0529. The summed E-state index contributed by atoms with van der Waals surface area (Å²) < 4.78 is 12.6. The first-order chi connectivity index (χ1) is 27.6. The first kappa shape index (κ1) is 43.8. The van der Waals surface area contributed by atoms with Crippen LogP contribution in [-0.2, 0) is 22.4 Å². The number of hydrogen-bond acceptors (Lipinski definition) is 7. The Labute approximate surface area is 340 Å². The summed E-state index contributed by atoms with van der Waals surface area (Å²) >= 11 is 0. The molecule has 7 N–H and O–H groups in total. The molecule has 0 radical (unpaired) electrons. The Bertz CT molecular complexity index is 1810. The van der Waals surface area contributed by atoms with E-state index in [9.17, 15) is 20.1 Å². The van der Waals surface area contributed by atoms with E-state index in [0.717, 1.165) is 73.6 Å². The van der Waals surface area contributed by atoms with Crippen molar-refractivity contribution in [1.29, 1.82) is 0 Å². The van der Waals surface area contributed by atoms with Crippen molar-refractivity contribution in [3.05, 3.63) is 70.3 Å². The van der Waals surface area contributed by atoms with Crippen molar-refractivity contribution in [2.45, 2.75) is 122 Å². The van der Waals surface area contributed by atoms with Gasteiger partial charge in [-0.2, -0.15) is 0 Å². The van der Waals surface area contributed by atoms with Crippen LogP contribution in [0.15, 0.2) is 53.0 Å². The summed E-state index contributed by atoms with van der Waals surface area (Å²) in [5.41, 5.74) is 16.4. The molecule has 2 aromatic carbocycles. The van der Waals surface area contributed by atoms with Crippen molar-refractivity contribution in [2.24, 2.45) is 46.0 Å². The van der Waals surface area contributed by atoms with Gasteiger partial charge in [0.2, 0.25) is 0 Å². The van der Waals surface area contributed by atoms with E-state index in [1.165, 1.54) is 0 Å². The molecule has 2 aromatic rings. The fourth-order valence-corrected chi connectivity index (χ4v) is 9.16. The Morgan fingerprint density at radius 3 is 2.51 bits per heavy atom. The summed E-state index contributed by atoms with van der Waals surface area (Å²) in [7, 11) is 1.72. The van der Waals surface area contributed by atoms with Gasteiger partial charge in [-0.3, -0.25) is 4.79 Å². The molecular formula is C48H65N3O6. The molecule has 9 heteroatoms. The third-order valence-corrected chi connectivity index (χ3v) is 12.3. The molecule has 308 valence electrons. The van der Waals surface area contributed by atoms with Crippen LogP contribution in [0.1, 0.15) is 119 Å². The molecule has 2 bridgehead atoms. The van der Waals surface area contributed by atoms with Gasteiger partial charge in [-0.25, -0.2) is 4.99 Å². The van der Waals surface area contributed by atoms with Crippen LogP contribution in [0, 0.1) is 53.3 Å². The average molecular weight is 780 g/mol. The van der Waals surface area contributed by atoms with E-state index in [1.54, 1.807) is 13.2 Å². The van der Waals surface area contributed by atoms with Gasteiger partial charge in [0.05, 0.1) is 24.7 Å². The summed E-state index contributed by atoms with van der Waals surface area (Å²) in [5, 5.41) is 32.3. The number of nitrogens with two attached hydrogens (primary N) is 2. The predicted octanol–water partition coefficient (Wildman–Crippen LogP) is 6.97. The lowest BCUT2D eigenvalue weighted by Crippen LogP contribution is -2.33. The molecule has 0 unspecified atom stereocenters. The highest BCUT2D eigenvalue weighted by atomic mass is 16.5. The third-order valence-electron chi connectivity index (χ3n) is 12.3. The first-order valence-electron chi connectivity index (χ1n) is 21.3. The van der Waals surface area contributed by atoms with Crippen LogP contribution >= 0.6 is 0 Å². The second-order valence-electron chi connectivity index (χ2n) is 16.5. The number of aliphatic hydroxyl groups is 2. The number of aliphatic imine (C=N–C) groups is 1. The number of carbonyl (C=O) groups excluding carboxylic acids is 1. The van der Waals surface area contributed by atoms with Crippen LogP contribution in [0.5, 0.6) is 11.5 Å². The van der Waals surface area contributed by atoms with E-state index in [4.69, 9.17) is 25.9 Å². The van der Waals surface area contributed by atoms with Crippen molar-refractivity contribution in [3.63, 3.8) is 0 Å². The number of nitrogens with zero attached hydrogens (tertiary/aromatic N) is 1. The number of fused-ring (bicyclic) bond motifs is 8. The van der Waals surface area contributed by atoms with E-state index in [1.807, 2.05) is 31.2 Å². The first-order valence-corrected chi connectivity index (χ1v) is 21.3. The normalized spacial score (nSPS) is 24.5. The fraction of sp³-hybridized carbons (Fsp3) is 0.583. The SMILES string of the molecule is CC[C@@H](CCO)/C(=C/C(=O)CCc1cc(OC2CCCC2)c(O)c2c1C#C[C@@H]1[C@@H](N=C(N)N)CC[C@@H](COC)[C@H]2CC[C@@H](C)CC#C[C@H]1Cc1ccccc1)CO. The van der Waals surface area contributed by atoms with Gasteiger partial charge in [-0.15, -0.1) is 5.92 Å². The van der Waals surface area contributed by atoms with Crippen LogP contribution in [0.3, 0.4) is 0 Å². The van der Waals surface area contributed by atoms with Gasteiger partial charge in [-0.1, -0.05) is 61.9 Å². The summed E-state index contributed by atoms with van der Waals surface area (Å²) in [5.74, 6) is 14.5. The summed E-state index contributed by atoms with van der Waals surface area (Å²) in [6.07, 6.45) is 11.8. The van der Waals surface area contributed by atoms with Crippen molar-refractivity contribution >= 4 is 11.7 Å². The number of benzene rings is 2. The van der Waals surface area contributed by atoms with E-state index in [0.29, 0.717) is 56.0 Å². The van der Waals surface area contributed by atoms with Gasteiger partial charge < -0.3 is 36.3 Å². The van der Waals surface area contributed by atoms with Crippen LogP contribution in [0.2, 0.25) is 0 Å². The molecule has 0 heterocycles. The maximum absolute atomic E-state index is 13.7. The van der Waals surface area contributed by atoms with E-state index >= 15 is 0 Å². The second-order valence-corrected chi connectivity index (χ2v) is 16.5. The van der Waals surface area contributed by atoms with Crippen LogP contribution in [0.4, 0.5) is 0 Å². The second kappa shape index (κ2) is 22.0. The number of hydrogen-bond donors (Lipinski definition) is 5. The Morgan fingerprint density at radius 2 is 1.82 bits per heavy atom. The molecule has 0 amide bonds. The third kappa shape index (κ3) is 12.1. The van der Waals surface area contributed by atoms with Gasteiger partial charge in [0.15, 0.2) is 23.2 Å². The zero-order valence-electron chi connectivity index (χ0n) is 34.3. The number of aromatic hydroxyl groups is 1. The highest BCUT2D eigenvalue weighted by molar-refractivity contribution is 5.90. The van der Waals surface area contributed by atoms with Crippen LogP contribution < -0.4 is 16.2 Å². The number of methoxy groups -OCH3 is 1. The minimum Gasteiger partial charge on any atom is -0.504 e. The average Bonchev–Trinajstić information content (AvgIpc) is 3.72. The predicted molar refractivity (Wildman–Crippen MR) is 227 cm³/mol. The molecule has 1 saturated carbocycles. The Balaban J connectivity index is 1.74. The number of ketones is 1. The zero-order chi connectivity index (χ0) is 40.7. The molecule has 4 aliphatic rings. The number of aliphatic hydroxyl groups excluding tert-OH is 2. The maximum atomic E-state index is 13.7. The van der Waals surface area contributed by atoms with E-state index in [2.05, 4.69) is 42.7 Å². The number of allylic oxidation sites excluding steroid dienone is 1. The summed E-state index contributed by atoms with van der Waals surface area (Å²) in [6.45, 7) is 4.45. The number of carbonyl (C=O) groups is 1. The Kier molecular flexibility index (Phi) is 16.9. The molecule has 1 fully saturated rings. The molecule has 6 rings (SSSR count). The highest BCUT2D eigenvalue weighted by Gasteiger charge is 2.36. The minimum absolute atomic E-state index is 0.00195. The van der Waals surface area contributed by atoms with Crippen molar-refractivity contribution in [3.8, 4) is 35.2 Å². The smallest absolute Gasteiger partial charge is 0.186 e. The highest BCUT2D eigenvalue weighted by Crippen LogP contribution is 2.47. The zero-order valence-corrected chi connectivity index (χ0v) is 34.3. The molecule has 0 aliphatic heterocycles. The molecule has 7 atom stereocenters. The van der Waals surface area contributed by atoms with Gasteiger partial charge in [0.1, 0.15) is 0 Å². The van der Waals surface area contributed by atoms with E-state index < -0.39 is 0 Å². The number of aryl methyl sites for hydroxylation is 1. The lowest BCUT2D eigenvalue weighted by Gasteiger charge is -2.33. The standard InChI is InChI=1S/C48H65N3O6/c1-4-34(25-26-52)38(30-53)28-39(54)20-18-36-29-45(57-40-15-8-9-16-40)47(55)46-42(36)23-22-41-35(27-33-12-6-5-7-13-33)14-10-11-32(2)17-21-43(46)37(31-56-3)19-24-44(41)51-48(49)50/h5-7,12-13,28-29,32,34-35,37,40-41,43-44,52-53,55H,4,8-9,11,15-21,24-27,30-31H2,1-3H3,(H4,49,50,51)/b38-28+/t32-,34-,35-,37-,41-,43+,44-/m0/s1. The summed E-state index contributed by atoms with van der Waals surface area (Å²) in [4.78, 5) is 18.5. The molecule has 9 nitrogen and oxygen atoms in total. The van der Waals surface area contributed by atoms with Crippen molar-refractivity contribution in [2.75, 3.05) is 26.9 Å².